The van der Waals surface area contributed by atoms with E-state index in [1.165, 1.54) is 37.1 Å². The van der Waals surface area contributed by atoms with Crippen LogP contribution in [0.1, 0.15) is 25.7 Å². The number of nitrogens with zero attached hydrogens (tertiary/aromatic N) is 2. The summed E-state index contributed by atoms with van der Waals surface area (Å²) < 4.78 is 0. The van der Waals surface area contributed by atoms with Crippen molar-refractivity contribution in [2.24, 2.45) is 0 Å². The zero-order chi connectivity index (χ0) is 19.3. The molecule has 0 unspecified atom stereocenters. The van der Waals surface area contributed by atoms with E-state index in [9.17, 15) is 0 Å². The third-order valence-corrected chi connectivity index (χ3v) is 5.37. The molecule has 0 aliphatic carbocycles. The summed E-state index contributed by atoms with van der Waals surface area (Å²) in [6.07, 6.45) is 4.74. The Kier molecular flexibility index (Phi) is 9.18. The molecule has 152 valence electrons. The van der Waals surface area contributed by atoms with E-state index in [2.05, 4.69) is 81.1 Å². The van der Waals surface area contributed by atoms with Crippen molar-refractivity contribution >= 4 is 11.4 Å². The van der Waals surface area contributed by atoms with Crippen LogP contribution in [0.3, 0.4) is 0 Å². The van der Waals surface area contributed by atoms with Crippen LogP contribution in [0, 0.1) is 0 Å². The second kappa shape index (κ2) is 12.4. The van der Waals surface area contributed by atoms with Crippen LogP contribution in [0.25, 0.3) is 0 Å². The summed E-state index contributed by atoms with van der Waals surface area (Å²) in [5.41, 5.74) is 2.70. The Labute approximate surface area is 170 Å². The van der Waals surface area contributed by atoms with Crippen molar-refractivity contribution < 1.29 is 0 Å². The number of hydrogen-bond acceptors (Lipinski definition) is 4. The number of para-hydroxylation sites is 2. The highest BCUT2D eigenvalue weighted by molar-refractivity contribution is 5.46. The van der Waals surface area contributed by atoms with Gasteiger partial charge in [0.05, 0.1) is 0 Å². The van der Waals surface area contributed by atoms with Gasteiger partial charge in [-0.2, -0.15) is 0 Å². The SMILES string of the molecule is c1ccc(N2CCCNCCCN(c3ccccc3)CCCNCCC2)cc1. The number of nitrogens with one attached hydrogen (secondary N) is 2. The lowest BCUT2D eigenvalue weighted by Gasteiger charge is -2.27. The van der Waals surface area contributed by atoms with Crippen molar-refractivity contribution in [3.63, 3.8) is 0 Å². The fourth-order valence-electron chi connectivity index (χ4n) is 3.85. The van der Waals surface area contributed by atoms with Gasteiger partial charge in [-0.15, -0.1) is 0 Å². The molecular weight excluding hydrogens is 344 g/mol. The summed E-state index contributed by atoms with van der Waals surface area (Å²) in [7, 11) is 0. The number of rotatable bonds is 2. The molecular formula is C24H36N4. The van der Waals surface area contributed by atoms with Gasteiger partial charge >= 0.3 is 0 Å². The predicted molar refractivity (Wildman–Crippen MR) is 122 cm³/mol. The van der Waals surface area contributed by atoms with Crippen molar-refractivity contribution in [3.05, 3.63) is 60.7 Å². The molecule has 1 fully saturated rings. The van der Waals surface area contributed by atoms with Crippen LogP contribution < -0.4 is 20.4 Å². The number of anilines is 2. The van der Waals surface area contributed by atoms with Crippen molar-refractivity contribution in [1.29, 1.82) is 0 Å². The molecule has 1 heterocycles. The lowest BCUT2D eigenvalue weighted by Crippen LogP contribution is -2.33. The Balaban J connectivity index is 1.51. The van der Waals surface area contributed by atoms with Crippen LogP contribution in [0.5, 0.6) is 0 Å². The Morgan fingerprint density at radius 1 is 0.464 bits per heavy atom. The average Bonchev–Trinajstić information content (AvgIpc) is 2.75. The van der Waals surface area contributed by atoms with Gasteiger partial charge in [0.15, 0.2) is 0 Å². The molecule has 0 bridgehead atoms. The van der Waals surface area contributed by atoms with Gasteiger partial charge in [-0.05, 0) is 76.1 Å². The lowest BCUT2D eigenvalue weighted by molar-refractivity contribution is 0.567. The van der Waals surface area contributed by atoms with Gasteiger partial charge < -0.3 is 20.4 Å². The van der Waals surface area contributed by atoms with Gasteiger partial charge in [0.2, 0.25) is 0 Å². The fourth-order valence-corrected chi connectivity index (χ4v) is 3.85. The molecule has 1 aliphatic heterocycles. The van der Waals surface area contributed by atoms with Gasteiger partial charge in [-0.25, -0.2) is 0 Å². The standard InChI is InChI=1S/C24H36N4/c1-3-11-23(12-4-1)27-19-7-15-25-17-9-21-28(24-13-5-2-6-14-24)22-10-18-26-16-8-20-27/h1-6,11-14,25-26H,7-10,15-22H2. The monoisotopic (exact) mass is 380 g/mol. The largest absolute Gasteiger partial charge is 0.371 e. The van der Waals surface area contributed by atoms with Crippen molar-refractivity contribution in [3.8, 4) is 0 Å². The van der Waals surface area contributed by atoms with E-state index in [-0.39, 0.29) is 0 Å². The van der Waals surface area contributed by atoms with E-state index in [0.29, 0.717) is 0 Å². The van der Waals surface area contributed by atoms with E-state index in [1.807, 2.05) is 0 Å². The van der Waals surface area contributed by atoms with E-state index in [1.54, 1.807) is 0 Å². The van der Waals surface area contributed by atoms with E-state index in [0.717, 1.165) is 52.4 Å². The number of hydrogen-bond donors (Lipinski definition) is 2. The molecule has 3 rings (SSSR count). The average molecular weight is 381 g/mol. The lowest BCUT2D eigenvalue weighted by atomic mass is 10.2. The minimum Gasteiger partial charge on any atom is -0.371 e. The highest BCUT2D eigenvalue weighted by Crippen LogP contribution is 2.15. The Morgan fingerprint density at radius 2 is 0.786 bits per heavy atom. The van der Waals surface area contributed by atoms with Crippen LogP contribution in [-0.2, 0) is 0 Å². The molecule has 2 aromatic carbocycles. The Morgan fingerprint density at radius 3 is 1.11 bits per heavy atom. The molecule has 0 radical (unpaired) electrons. The van der Waals surface area contributed by atoms with Gasteiger partial charge in [-0.3, -0.25) is 0 Å². The summed E-state index contributed by atoms with van der Waals surface area (Å²) in [4.78, 5) is 5.07. The molecule has 2 N–H and O–H groups in total. The molecule has 4 heteroatoms. The van der Waals surface area contributed by atoms with Crippen LogP contribution in [0.15, 0.2) is 60.7 Å². The first kappa shape index (κ1) is 20.7. The molecule has 2 aromatic rings. The smallest absolute Gasteiger partial charge is 0.0366 e. The predicted octanol–water partition coefficient (Wildman–Crippen LogP) is 3.75. The van der Waals surface area contributed by atoms with Crippen LogP contribution in [-0.4, -0.2) is 52.4 Å². The fraction of sp³-hybridized carbons (Fsp3) is 0.500. The topological polar surface area (TPSA) is 30.5 Å². The first-order chi connectivity index (χ1) is 13.9. The summed E-state index contributed by atoms with van der Waals surface area (Å²) in [6.45, 7) is 8.83. The first-order valence-corrected chi connectivity index (χ1v) is 10.9. The molecule has 1 aliphatic rings. The van der Waals surface area contributed by atoms with E-state index < -0.39 is 0 Å². The van der Waals surface area contributed by atoms with E-state index in [4.69, 9.17) is 0 Å². The van der Waals surface area contributed by atoms with Gasteiger partial charge in [0.1, 0.15) is 0 Å². The second-order valence-corrected chi connectivity index (χ2v) is 7.56. The molecule has 0 spiro atoms. The molecule has 28 heavy (non-hydrogen) atoms. The van der Waals surface area contributed by atoms with Gasteiger partial charge in [-0.1, -0.05) is 36.4 Å². The summed E-state index contributed by atoms with van der Waals surface area (Å²) in [5, 5.41) is 7.29. The minimum atomic E-state index is 1.09. The van der Waals surface area contributed by atoms with Crippen molar-refractivity contribution in [1.82, 2.24) is 10.6 Å². The van der Waals surface area contributed by atoms with E-state index >= 15 is 0 Å². The third-order valence-electron chi connectivity index (χ3n) is 5.37. The second-order valence-electron chi connectivity index (χ2n) is 7.56. The maximum Gasteiger partial charge on any atom is 0.0366 e. The number of benzene rings is 2. The van der Waals surface area contributed by atoms with Gasteiger partial charge in [0.25, 0.3) is 0 Å². The summed E-state index contributed by atoms with van der Waals surface area (Å²) in [5.74, 6) is 0. The minimum absolute atomic E-state index is 1.09. The Hall–Kier alpha value is -2.04. The molecule has 0 amide bonds. The van der Waals surface area contributed by atoms with Crippen molar-refractivity contribution in [2.75, 3.05) is 62.2 Å². The normalized spacial score (nSPS) is 18.7. The van der Waals surface area contributed by atoms with Crippen LogP contribution in [0.4, 0.5) is 11.4 Å². The molecule has 0 saturated carbocycles. The van der Waals surface area contributed by atoms with Crippen LogP contribution in [0.2, 0.25) is 0 Å². The first-order valence-electron chi connectivity index (χ1n) is 10.9. The third kappa shape index (κ3) is 7.17. The quantitative estimate of drug-likeness (QED) is 0.831. The maximum absolute atomic E-state index is 3.65. The molecule has 0 atom stereocenters. The highest BCUT2D eigenvalue weighted by atomic mass is 15.1. The zero-order valence-corrected chi connectivity index (χ0v) is 17.2. The highest BCUT2D eigenvalue weighted by Gasteiger charge is 2.08. The summed E-state index contributed by atoms with van der Waals surface area (Å²) in [6, 6.07) is 21.7. The van der Waals surface area contributed by atoms with Crippen molar-refractivity contribution in [2.45, 2.75) is 25.7 Å². The van der Waals surface area contributed by atoms with Crippen LogP contribution >= 0.6 is 0 Å². The zero-order valence-electron chi connectivity index (χ0n) is 17.2. The molecule has 1 saturated heterocycles. The Bertz CT molecular complexity index is 558. The van der Waals surface area contributed by atoms with Gasteiger partial charge in [0, 0.05) is 37.6 Å². The maximum atomic E-state index is 3.65. The molecule has 0 aromatic heterocycles. The molecule has 4 nitrogen and oxygen atoms in total. The summed E-state index contributed by atoms with van der Waals surface area (Å²) >= 11 is 0.